The number of hydrogen-bond acceptors (Lipinski definition) is 5. The molecule has 132 valence electrons. The van der Waals surface area contributed by atoms with Gasteiger partial charge in [-0.15, -0.1) is 11.3 Å². The molecule has 0 fully saturated rings. The summed E-state index contributed by atoms with van der Waals surface area (Å²) in [5.74, 6) is -1.22. The average Bonchev–Trinajstić information content (AvgIpc) is 3.19. The maximum absolute atomic E-state index is 12.9. The van der Waals surface area contributed by atoms with Gasteiger partial charge in [-0.25, -0.2) is 13.2 Å². The fraction of sp³-hybridized carbons (Fsp3) is 0.250. The van der Waals surface area contributed by atoms with Crippen molar-refractivity contribution in [3.8, 4) is 0 Å². The normalized spacial score (nSPS) is 13.6. The molecule has 25 heavy (non-hydrogen) atoms. The number of carboxylic acids is 1. The molecule has 0 saturated heterocycles. The summed E-state index contributed by atoms with van der Waals surface area (Å²) in [5, 5.41) is 11.7. The third-order valence-corrected chi connectivity index (χ3v) is 7.24. The predicted octanol–water partition coefficient (Wildman–Crippen LogP) is 1.83. The first-order valence-electron chi connectivity index (χ1n) is 7.51. The Balaban J connectivity index is 1.88. The Kier molecular flexibility index (Phi) is 4.53. The standard InChI is InChI=1S/C16H16N2O5S2/c1-10(19)17-9-13-3-5-15(24-13)25(22,23)18-7-6-11-8-12(16(20)21)2-4-14(11)18/h2-5,8H,6-7,9H2,1H3,(H,17,19)(H,20,21). The minimum Gasteiger partial charge on any atom is -0.478 e. The second-order valence-corrected chi connectivity index (χ2v) is 8.86. The van der Waals surface area contributed by atoms with Gasteiger partial charge in [0.05, 0.1) is 17.8 Å². The molecule has 2 N–H and O–H groups in total. The van der Waals surface area contributed by atoms with E-state index in [2.05, 4.69) is 5.32 Å². The van der Waals surface area contributed by atoms with Gasteiger partial charge < -0.3 is 10.4 Å². The highest BCUT2D eigenvalue weighted by Crippen LogP contribution is 2.35. The number of carbonyl (C=O) groups is 2. The van der Waals surface area contributed by atoms with Gasteiger partial charge in [-0.1, -0.05) is 0 Å². The number of benzene rings is 1. The first kappa shape index (κ1) is 17.4. The molecule has 0 saturated carbocycles. The number of anilines is 1. The summed E-state index contributed by atoms with van der Waals surface area (Å²) < 4.78 is 27.3. The molecular formula is C16H16N2O5S2. The van der Waals surface area contributed by atoms with Gasteiger partial charge in [-0.2, -0.15) is 0 Å². The second-order valence-electron chi connectivity index (χ2n) is 5.61. The van der Waals surface area contributed by atoms with Gasteiger partial charge in [0.15, 0.2) is 0 Å². The van der Waals surface area contributed by atoms with E-state index in [1.165, 1.54) is 35.5 Å². The summed E-state index contributed by atoms with van der Waals surface area (Å²) in [4.78, 5) is 22.8. The number of sulfonamides is 1. The van der Waals surface area contributed by atoms with Crippen LogP contribution in [0.1, 0.15) is 27.7 Å². The lowest BCUT2D eigenvalue weighted by Gasteiger charge is -2.18. The molecule has 0 unspecified atom stereocenters. The van der Waals surface area contributed by atoms with Crippen LogP contribution in [-0.2, 0) is 27.8 Å². The van der Waals surface area contributed by atoms with Crippen LogP contribution in [-0.4, -0.2) is 31.9 Å². The number of rotatable bonds is 5. The summed E-state index contributed by atoms with van der Waals surface area (Å²) in [6.07, 6.45) is 0.472. The van der Waals surface area contributed by atoms with Crippen LogP contribution in [0.2, 0.25) is 0 Å². The third kappa shape index (κ3) is 3.38. The van der Waals surface area contributed by atoms with Crippen molar-refractivity contribution in [3.63, 3.8) is 0 Å². The number of nitrogens with one attached hydrogen (secondary N) is 1. The number of carboxylic acid groups (broad SMARTS) is 1. The zero-order valence-corrected chi connectivity index (χ0v) is 15.0. The van der Waals surface area contributed by atoms with Crippen molar-refractivity contribution in [2.24, 2.45) is 0 Å². The molecule has 0 aliphatic carbocycles. The summed E-state index contributed by atoms with van der Waals surface area (Å²) >= 11 is 1.11. The Bertz CT molecular complexity index is 949. The molecule has 0 radical (unpaired) electrons. The third-order valence-electron chi connectivity index (χ3n) is 3.87. The molecule has 2 heterocycles. The van der Waals surface area contributed by atoms with Crippen LogP contribution >= 0.6 is 11.3 Å². The lowest BCUT2D eigenvalue weighted by atomic mass is 10.1. The highest BCUT2D eigenvalue weighted by molar-refractivity contribution is 7.94. The van der Waals surface area contributed by atoms with Gasteiger partial charge in [-0.3, -0.25) is 9.10 Å². The number of thiophene rings is 1. The Morgan fingerprint density at radius 3 is 2.72 bits per heavy atom. The topological polar surface area (TPSA) is 104 Å². The lowest BCUT2D eigenvalue weighted by molar-refractivity contribution is -0.119. The summed E-state index contributed by atoms with van der Waals surface area (Å²) in [5.41, 5.74) is 1.37. The van der Waals surface area contributed by atoms with Gasteiger partial charge in [0, 0.05) is 18.3 Å². The van der Waals surface area contributed by atoms with E-state index in [-0.39, 0.29) is 28.8 Å². The van der Waals surface area contributed by atoms with Crippen molar-refractivity contribution in [1.82, 2.24) is 5.32 Å². The first-order valence-corrected chi connectivity index (χ1v) is 9.77. The Labute approximate surface area is 149 Å². The quantitative estimate of drug-likeness (QED) is 0.824. The largest absolute Gasteiger partial charge is 0.478 e. The maximum Gasteiger partial charge on any atom is 0.335 e. The highest BCUT2D eigenvalue weighted by Gasteiger charge is 2.32. The van der Waals surface area contributed by atoms with Crippen LogP contribution in [0.5, 0.6) is 0 Å². The summed E-state index contributed by atoms with van der Waals surface area (Å²) in [7, 11) is -3.71. The molecule has 0 atom stereocenters. The Morgan fingerprint density at radius 2 is 2.04 bits per heavy atom. The Morgan fingerprint density at radius 1 is 1.28 bits per heavy atom. The summed E-state index contributed by atoms with van der Waals surface area (Å²) in [6, 6.07) is 7.67. The van der Waals surface area contributed by atoms with Crippen LogP contribution in [0.25, 0.3) is 0 Å². The van der Waals surface area contributed by atoms with Crippen LogP contribution in [0, 0.1) is 0 Å². The second kappa shape index (κ2) is 6.49. The van der Waals surface area contributed by atoms with Gasteiger partial charge in [-0.05, 0) is 42.3 Å². The first-order chi connectivity index (χ1) is 11.8. The maximum atomic E-state index is 12.9. The molecule has 9 heteroatoms. The van der Waals surface area contributed by atoms with Gasteiger partial charge in [0.25, 0.3) is 10.0 Å². The van der Waals surface area contributed by atoms with Crippen molar-refractivity contribution in [3.05, 3.63) is 46.3 Å². The van der Waals surface area contributed by atoms with Gasteiger partial charge in [0.2, 0.25) is 5.91 Å². The smallest absolute Gasteiger partial charge is 0.335 e. The minimum absolute atomic E-state index is 0.145. The van der Waals surface area contributed by atoms with Gasteiger partial charge in [0.1, 0.15) is 4.21 Å². The fourth-order valence-corrected chi connectivity index (χ4v) is 5.58. The SMILES string of the molecule is CC(=O)NCc1ccc(S(=O)(=O)N2CCc3cc(C(=O)O)ccc32)s1. The van der Waals surface area contributed by atoms with Crippen molar-refractivity contribution in [1.29, 1.82) is 0 Å². The van der Waals surface area contributed by atoms with E-state index in [9.17, 15) is 18.0 Å². The van der Waals surface area contributed by atoms with E-state index in [1.54, 1.807) is 6.07 Å². The average molecular weight is 380 g/mol. The van der Waals surface area contributed by atoms with Crippen molar-refractivity contribution in [2.45, 2.75) is 24.1 Å². The minimum atomic E-state index is -3.71. The molecule has 1 aliphatic heterocycles. The van der Waals surface area contributed by atoms with E-state index >= 15 is 0 Å². The van der Waals surface area contributed by atoms with Crippen LogP contribution < -0.4 is 9.62 Å². The molecule has 1 aromatic heterocycles. The zero-order valence-electron chi connectivity index (χ0n) is 13.4. The fourth-order valence-electron chi connectivity index (χ4n) is 2.67. The molecule has 0 spiro atoms. The lowest BCUT2D eigenvalue weighted by Crippen LogP contribution is -2.28. The zero-order chi connectivity index (χ0) is 18.2. The summed E-state index contributed by atoms with van der Waals surface area (Å²) in [6.45, 7) is 1.96. The number of fused-ring (bicyclic) bond motifs is 1. The van der Waals surface area contributed by atoms with Crippen LogP contribution in [0.3, 0.4) is 0 Å². The molecule has 1 amide bonds. The van der Waals surface area contributed by atoms with Crippen LogP contribution in [0.15, 0.2) is 34.5 Å². The highest BCUT2D eigenvalue weighted by atomic mass is 32.2. The number of carbonyl (C=O) groups excluding carboxylic acids is 1. The van der Waals surface area contributed by atoms with E-state index in [0.717, 1.165) is 16.2 Å². The number of nitrogens with zero attached hydrogens (tertiary/aromatic N) is 1. The van der Waals surface area contributed by atoms with Crippen molar-refractivity contribution >= 4 is 38.9 Å². The molecule has 7 nitrogen and oxygen atoms in total. The molecular weight excluding hydrogens is 364 g/mol. The number of aromatic carboxylic acids is 1. The molecule has 2 aromatic rings. The van der Waals surface area contributed by atoms with Crippen LogP contribution in [0.4, 0.5) is 5.69 Å². The van der Waals surface area contributed by atoms with Crippen molar-refractivity contribution in [2.75, 3.05) is 10.8 Å². The predicted molar refractivity (Wildman–Crippen MR) is 93.5 cm³/mol. The number of amides is 1. The van der Waals surface area contributed by atoms with Gasteiger partial charge >= 0.3 is 5.97 Å². The molecule has 3 rings (SSSR count). The van der Waals surface area contributed by atoms with E-state index < -0.39 is 16.0 Å². The van der Waals surface area contributed by atoms with E-state index in [4.69, 9.17) is 5.11 Å². The monoisotopic (exact) mass is 380 g/mol. The Hall–Kier alpha value is -2.39. The van der Waals surface area contributed by atoms with E-state index in [0.29, 0.717) is 17.7 Å². The van der Waals surface area contributed by atoms with E-state index in [1.807, 2.05) is 0 Å². The van der Waals surface area contributed by atoms with Crippen molar-refractivity contribution < 1.29 is 23.1 Å². The molecule has 1 aromatic carbocycles. The molecule has 0 bridgehead atoms. The molecule has 1 aliphatic rings. The number of hydrogen-bond donors (Lipinski definition) is 2.